The van der Waals surface area contributed by atoms with Crippen LogP contribution >= 0.6 is 0 Å². The van der Waals surface area contributed by atoms with E-state index in [4.69, 9.17) is 0 Å². The average Bonchev–Trinajstić information content (AvgIpc) is 2.65. The maximum absolute atomic E-state index is 3.75. The van der Waals surface area contributed by atoms with Crippen molar-refractivity contribution in [3.8, 4) is 0 Å². The fourth-order valence-corrected chi connectivity index (χ4v) is 2.05. The number of likely N-dealkylation sites (N-methyl/N-ethyl adjacent to an activating group) is 1. The molecule has 0 atom stereocenters. The van der Waals surface area contributed by atoms with E-state index in [1.807, 2.05) is 6.08 Å². The third-order valence-corrected chi connectivity index (χ3v) is 2.77. The van der Waals surface area contributed by atoms with Gasteiger partial charge < -0.3 is 5.32 Å². The number of fused-ring (bicyclic) bond motifs is 1. The SMILES string of the molecule is C=CCN(C)Cc1ccc2c(c1)CCN2. The molecule has 1 heterocycles. The molecule has 2 nitrogen and oxygen atoms in total. The van der Waals surface area contributed by atoms with Crippen LogP contribution in [0, 0.1) is 0 Å². The molecule has 0 unspecified atom stereocenters. The minimum atomic E-state index is 0.940. The Morgan fingerprint density at radius 3 is 3.20 bits per heavy atom. The van der Waals surface area contributed by atoms with E-state index >= 15 is 0 Å². The van der Waals surface area contributed by atoms with Crippen LogP contribution < -0.4 is 5.32 Å². The number of hydrogen-bond acceptors (Lipinski definition) is 2. The van der Waals surface area contributed by atoms with Gasteiger partial charge in [-0.3, -0.25) is 4.90 Å². The molecule has 0 fully saturated rings. The minimum Gasteiger partial charge on any atom is -0.384 e. The maximum Gasteiger partial charge on any atom is 0.0373 e. The zero-order valence-corrected chi connectivity index (χ0v) is 9.29. The summed E-state index contributed by atoms with van der Waals surface area (Å²) in [5.74, 6) is 0. The van der Waals surface area contributed by atoms with E-state index in [-0.39, 0.29) is 0 Å². The number of nitrogens with one attached hydrogen (secondary N) is 1. The third kappa shape index (κ3) is 2.39. The third-order valence-electron chi connectivity index (χ3n) is 2.77. The Morgan fingerprint density at radius 2 is 2.40 bits per heavy atom. The van der Waals surface area contributed by atoms with E-state index in [9.17, 15) is 0 Å². The predicted molar refractivity (Wildman–Crippen MR) is 65.2 cm³/mol. The van der Waals surface area contributed by atoms with Crippen LogP contribution in [0.3, 0.4) is 0 Å². The lowest BCUT2D eigenvalue weighted by atomic mass is 10.1. The summed E-state index contributed by atoms with van der Waals surface area (Å²) in [6, 6.07) is 6.71. The van der Waals surface area contributed by atoms with Crippen molar-refractivity contribution in [3.05, 3.63) is 42.0 Å². The number of benzene rings is 1. The zero-order valence-electron chi connectivity index (χ0n) is 9.29. The van der Waals surface area contributed by atoms with Crippen LogP contribution in [0.5, 0.6) is 0 Å². The topological polar surface area (TPSA) is 15.3 Å². The quantitative estimate of drug-likeness (QED) is 0.753. The van der Waals surface area contributed by atoms with E-state index in [2.05, 4.69) is 42.0 Å². The lowest BCUT2D eigenvalue weighted by Crippen LogP contribution is -2.17. The van der Waals surface area contributed by atoms with Gasteiger partial charge in [-0.15, -0.1) is 6.58 Å². The fraction of sp³-hybridized carbons (Fsp3) is 0.385. The van der Waals surface area contributed by atoms with Gasteiger partial charge in [-0.25, -0.2) is 0 Å². The second-order valence-corrected chi connectivity index (χ2v) is 4.15. The molecular weight excluding hydrogens is 184 g/mol. The summed E-state index contributed by atoms with van der Waals surface area (Å²) >= 11 is 0. The molecule has 1 aromatic carbocycles. The van der Waals surface area contributed by atoms with Gasteiger partial charge in [-0.1, -0.05) is 18.2 Å². The van der Waals surface area contributed by atoms with Crippen LogP contribution in [-0.2, 0) is 13.0 Å². The Labute approximate surface area is 91.6 Å². The predicted octanol–water partition coefficient (Wildman–Crippen LogP) is 2.27. The van der Waals surface area contributed by atoms with Crippen molar-refractivity contribution in [1.29, 1.82) is 0 Å². The molecule has 1 aliphatic rings. The minimum absolute atomic E-state index is 0.940. The first kappa shape index (κ1) is 10.2. The van der Waals surface area contributed by atoms with Crippen molar-refractivity contribution >= 4 is 5.69 Å². The monoisotopic (exact) mass is 202 g/mol. The molecule has 2 rings (SSSR count). The van der Waals surface area contributed by atoms with Crippen LogP contribution in [0.2, 0.25) is 0 Å². The largest absolute Gasteiger partial charge is 0.384 e. The van der Waals surface area contributed by atoms with Crippen LogP contribution in [0.25, 0.3) is 0 Å². The molecule has 0 amide bonds. The first-order valence-corrected chi connectivity index (χ1v) is 5.44. The van der Waals surface area contributed by atoms with Crippen LogP contribution in [0.4, 0.5) is 5.69 Å². The molecule has 1 aliphatic heterocycles. The van der Waals surface area contributed by atoms with Crippen LogP contribution in [0.1, 0.15) is 11.1 Å². The van der Waals surface area contributed by atoms with E-state index in [1.165, 1.54) is 16.8 Å². The molecule has 0 saturated carbocycles. The molecule has 0 radical (unpaired) electrons. The Balaban J connectivity index is 2.06. The van der Waals surface area contributed by atoms with Gasteiger partial charge in [0.1, 0.15) is 0 Å². The smallest absolute Gasteiger partial charge is 0.0373 e. The summed E-state index contributed by atoms with van der Waals surface area (Å²) in [5, 5.41) is 3.38. The van der Waals surface area contributed by atoms with Gasteiger partial charge in [0.05, 0.1) is 0 Å². The van der Waals surface area contributed by atoms with Crippen molar-refractivity contribution in [2.24, 2.45) is 0 Å². The molecule has 0 aliphatic carbocycles. The Kier molecular flexibility index (Phi) is 3.07. The molecule has 2 heteroatoms. The van der Waals surface area contributed by atoms with E-state index in [0.717, 1.165) is 26.1 Å². The second-order valence-electron chi connectivity index (χ2n) is 4.15. The summed E-state index contributed by atoms with van der Waals surface area (Å²) in [5.41, 5.74) is 4.16. The first-order valence-electron chi connectivity index (χ1n) is 5.44. The van der Waals surface area contributed by atoms with Gasteiger partial charge >= 0.3 is 0 Å². The lowest BCUT2D eigenvalue weighted by Gasteiger charge is -2.14. The van der Waals surface area contributed by atoms with Crippen molar-refractivity contribution < 1.29 is 0 Å². The van der Waals surface area contributed by atoms with E-state index in [1.54, 1.807) is 0 Å². The average molecular weight is 202 g/mol. The summed E-state index contributed by atoms with van der Waals surface area (Å²) in [6.07, 6.45) is 3.10. The summed E-state index contributed by atoms with van der Waals surface area (Å²) in [4.78, 5) is 2.26. The van der Waals surface area contributed by atoms with Crippen molar-refractivity contribution in [1.82, 2.24) is 4.90 Å². The molecular formula is C13H18N2. The van der Waals surface area contributed by atoms with Gasteiger partial charge in [-0.2, -0.15) is 0 Å². The highest BCUT2D eigenvalue weighted by Crippen LogP contribution is 2.23. The molecule has 0 aromatic heterocycles. The summed E-state index contributed by atoms with van der Waals surface area (Å²) in [6.45, 7) is 6.77. The Bertz CT molecular complexity index is 358. The number of nitrogens with zero attached hydrogens (tertiary/aromatic N) is 1. The first-order chi connectivity index (χ1) is 7.29. The Hall–Kier alpha value is -1.28. The van der Waals surface area contributed by atoms with Gasteiger partial charge in [-0.05, 0) is 30.7 Å². The van der Waals surface area contributed by atoms with E-state index < -0.39 is 0 Å². The molecule has 0 saturated heterocycles. The lowest BCUT2D eigenvalue weighted by molar-refractivity contribution is 0.363. The van der Waals surface area contributed by atoms with Gasteiger partial charge in [0.15, 0.2) is 0 Å². The number of anilines is 1. The normalized spacial score (nSPS) is 13.7. The standard InChI is InChI=1S/C13H18N2/c1-3-8-15(2)10-11-4-5-13-12(9-11)6-7-14-13/h3-5,9,14H,1,6-8,10H2,2H3. The molecule has 80 valence electrons. The summed E-state index contributed by atoms with van der Waals surface area (Å²) < 4.78 is 0. The number of rotatable bonds is 4. The number of hydrogen-bond donors (Lipinski definition) is 1. The zero-order chi connectivity index (χ0) is 10.7. The Morgan fingerprint density at radius 1 is 1.53 bits per heavy atom. The molecule has 1 aromatic rings. The molecule has 1 N–H and O–H groups in total. The highest BCUT2D eigenvalue weighted by molar-refractivity contribution is 5.56. The summed E-state index contributed by atoms with van der Waals surface area (Å²) in [7, 11) is 2.12. The second kappa shape index (κ2) is 4.49. The molecule has 0 spiro atoms. The van der Waals surface area contributed by atoms with Gasteiger partial charge in [0, 0.05) is 25.3 Å². The van der Waals surface area contributed by atoms with E-state index in [0.29, 0.717) is 0 Å². The highest BCUT2D eigenvalue weighted by atomic mass is 15.1. The van der Waals surface area contributed by atoms with Crippen LogP contribution in [-0.4, -0.2) is 25.0 Å². The molecule has 15 heavy (non-hydrogen) atoms. The van der Waals surface area contributed by atoms with Crippen molar-refractivity contribution in [2.45, 2.75) is 13.0 Å². The van der Waals surface area contributed by atoms with Gasteiger partial charge in [0.2, 0.25) is 0 Å². The maximum atomic E-state index is 3.75. The molecule has 0 bridgehead atoms. The van der Waals surface area contributed by atoms with Crippen molar-refractivity contribution in [3.63, 3.8) is 0 Å². The highest BCUT2D eigenvalue weighted by Gasteiger charge is 2.10. The van der Waals surface area contributed by atoms with Gasteiger partial charge in [0.25, 0.3) is 0 Å². The van der Waals surface area contributed by atoms with Crippen molar-refractivity contribution in [2.75, 3.05) is 25.5 Å². The fourth-order valence-electron chi connectivity index (χ4n) is 2.05. The van der Waals surface area contributed by atoms with Crippen LogP contribution in [0.15, 0.2) is 30.9 Å².